The molecule has 0 heterocycles. The van der Waals surface area contributed by atoms with Gasteiger partial charge in [-0.15, -0.1) is 0 Å². The highest BCUT2D eigenvalue weighted by Crippen LogP contribution is 2.38. The monoisotopic (exact) mass is 262 g/mol. The average Bonchev–Trinajstić information content (AvgIpc) is 2.80. The lowest BCUT2D eigenvalue weighted by molar-refractivity contribution is -0.137. The van der Waals surface area contributed by atoms with E-state index in [0.29, 0.717) is 6.07 Å². The zero-order valence-corrected chi connectivity index (χ0v) is 9.67. The Hall–Kier alpha value is -1.10. The minimum absolute atomic E-state index is 0.136. The maximum Gasteiger partial charge on any atom is 0.416 e. The van der Waals surface area contributed by atoms with Crippen LogP contribution >= 0.6 is 0 Å². The maximum absolute atomic E-state index is 13.5. The molecular formula is C13H14F4O. The van der Waals surface area contributed by atoms with Gasteiger partial charge in [0.2, 0.25) is 0 Å². The molecule has 0 saturated heterocycles. The second-order valence-corrected chi connectivity index (χ2v) is 4.72. The van der Waals surface area contributed by atoms with Crippen molar-refractivity contribution in [2.45, 2.75) is 38.0 Å². The van der Waals surface area contributed by atoms with E-state index in [1.165, 1.54) is 0 Å². The number of aliphatic hydroxyl groups is 1. The van der Waals surface area contributed by atoms with E-state index in [-0.39, 0.29) is 11.5 Å². The van der Waals surface area contributed by atoms with E-state index in [4.69, 9.17) is 0 Å². The molecule has 5 heteroatoms. The number of aliphatic hydroxyl groups excluding tert-OH is 1. The molecular weight excluding hydrogens is 248 g/mol. The number of rotatable bonds is 2. The second kappa shape index (κ2) is 4.88. The van der Waals surface area contributed by atoms with Crippen LogP contribution in [0, 0.1) is 11.7 Å². The summed E-state index contributed by atoms with van der Waals surface area (Å²) in [5.41, 5.74) is -1.16. The molecule has 1 saturated carbocycles. The Morgan fingerprint density at radius 1 is 1.17 bits per heavy atom. The summed E-state index contributed by atoms with van der Waals surface area (Å²) >= 11 is 0. The van der Waals surface area contributed by atoms with Crippen LogP contribution in [0.5, 0.6) is 0 Å². The van der Waals surface area contributed by atoms with E-state index < -0.39 is 23.7 Å². The number of benzene rings is 1. The maximum atomic E-state index is 13.5. The lowest BCUT2D eigenvalue weighted by atomic mass is 9.93. The largest absolute Gasteiger partial charge is 0.416 e. The van der Waals surface area contributed by atoms with Crippen LogP contribution in [0.4, 0.5) is 17.6 Å². The van der Waals surface area contributed by atoms with Crippen molar-refractivity contribution in [3.05, 3.63) is 35.1 Å². The first-order valence-electron chi connectivity index (χ1n) is 5.94. The Morgan fingerprint density at radius 3 is 2.33 bits per heavy atom. The Bertz CT molecular complexity index is 421. The Balaban J connectivity index is 2.31. The predicted octanol–water partition coefficient (Wildman–Crippen LogP) is 4.07. The fourth-order valence-electron chi connectivity index (χ4n) is 2.47. The van der Waals surface area contributed by atoms with Gasteiger partial charge in [0, 0.05) is 5.56 Å². The van der Waals surface area contributed by atoms with Crippen LogP contribution in [0.1, 0.15) is 42.9 Å². The van der Waals surface area contributed by atoms with E-state index in [0.717, 1.165) is 37.8 Å². The number of hydrogen-bond donors (Lipinski definition) is 1. The first-order chi connectivity index (χ1) is 8.39. The summed E-state index contributed by atoms with van der Waals surface area (Å²) in [4.78, 5) is 0. The molecule has 1 aliphatic rings. The van der Waals surface area contributed by atoms with Gasteiger partial charge in [-0.2, -0.15) is 13.2 Å². The van der Waals surface area contributed by atoms with Crippen LogP contribution in [-0.4, -0.2) is 5.11 Å². The molecule has 1 atom stereocenters. The standard InChI is InChI=1S/C13H14F4O/c14-11-6-5-9(13(15,16)17)7-10(11)12(18)8-3-1-2-4-8/h5-8,12,18H,1-4H2. The average molecular weight is 262 g/mol. The summed E-state index contributed by atoms with van der Waals surface area (Å²) in [6, 6.07) is 2.19. The van der Waals surface area contributed by atoms with E-state index in [1.54, 1.807) is 0 Å². The molecule has 1 aromatic carbocycles. The van der Waals surface area contributed by atoms with Crippen molar-refractivity contribution in [3.8, 4) is 0 Å². The fourth-order valence-corrected chi connectivity index (χ4v) is 2.47. The van der Waals surface area contributed by atoms with Gasteiger partial charge in [0.25, 0.3) is 0 Å². The summed E-state index contributed by atoms with van der Waals surface area (Å²) in [6.07, 6.45) is -2.33. The topological polar surface area (TPSA) is 20.2 Å². The lowest BCUT2D eigenvalue weighted by Gasteiger charge is -2.19. The SMILES string of the molecule is OC(c1cc(C(F)(F)F)ccc1F)C1CCCC1. The van der Waals surface area contributed by atoms with Crippen molar-refractivity contribution in [3.63, 3.8) is 0 Å². The summed E-state index contributed by atoms with van der Waals surface area (Å²) < 4.78 is 51.1. The quantitative estimate of drug-likeness (QED) is 0.796. The molecule has 0 spiro atoms. The molecule has 1 aliphatic carbocycles. The first-order valence-corrected chi connectivity index (χ1v) is 5.94. The molecule has 2 rings (SSSR count). The van der Waals surface area contributed by atoms with Crippen LogP contribution in [0.15, 0.2) is 18.2 Å². The van der Waals surface area contributed by atoms with Gasteiger partial charge in [0.1, 0.15) is 5.82 Å². The number of alkyl halides is 3. The zero-order valence-electron chi connectivity index (χ0n) is 9.67. The first kappa shape index (κ1) is 13.3. The lowest BCUT2D eigenvalue weighted by Crippen LogP contribution is -2.13. The van der Waals surface area contributed by atoms with Crippen molar-refractivity contribution in [2.24, 2.45) is 5.92 Å². The highest BCUT2D eigenvalue weighted by Gasteiger charge is 2.33. The minimum Gasteiger partial charge on any atom is -0.388 e. The van der Waals surface area contributed by atoms with Gasteiger partial charge in [0.15, 0.2) is 0 Å². The van der Waals surface area contributed by atoms with Crippen molar-refractivity contribution in [1.29, 1.82) is 0 Å². The smallest absolute Gasteiger partial charge is 0.388 e. The molecule has 1 aromatic rings. The Morgan fingerprint density at radius 2 is 1.78 bits per heavy atom. The Labute approximate surface area is 102 Å². The van der Waals surface area contributed by atoms with Crippen molar-refractivity contribution in [2.75, 3.05) is 0 Å². The summed E-state index contributed by atoms with van der Waals surface area (Å²) in [7, 11) is 0. The van der Waals surface area contributed by atoms with Crippen LogP contribution in [0.25, 0.3) is 0 Å². The zero-order chi connectivity index (χ0) is 13.3. The molecule has 18 heavy (non-hydrogen) atoms. The number of halogens is 4. The molecule has 0 amide bonds. The summed E-state index contributed by atoms with van der Waals surface area (Å²) in [5, 5.41) is 9.98. The van der Waals surface area contributed by atoms with E-state index in [1.807, 2.05) is 0 Å². The highest BCUT2D eigenvalue weighted by atomic mass is 19.4. The molecule has 1 N–H and O–H groups in total. The third-order valence-electron chi connectivity index (χ3n) is 3.49. The molecule has 0 aromatic heterocycles. The van der Waals surface area contributed by atoms with Crippen molar-refractivity contribution >= 4 is 0 Å². The van der Waals surface area contributed by atoms with E-state index >= 15 is 0 Å². The van der Waals surface area contributed by atoms with Gasteiger partial charge in [-0.25, -0.2) is 4.39 Å². The van der Waals surface area contributed by atoms with Crippen LogP contribution in [0.2, 0.25) is 0 Å². The third kappa shape index (κ3) is 2.66. The fraction of sp³-hybridized carbons (Fsp3) is 0.538. The molecule has 0 aliphatic heterocycles. The second-order valence-electron chi connectivity index (χ2n) is 4.72. The molecule has 1 nitrogen and oxygen atoms in total. The highest BCUT2D eigenvalue weighted by molar-refractivity contribution is 5.29. The molecule has 0 radical (unpaired) electrons. The van der Waals surface area contributed by atoms with Gasteiger partial charge in [-0.05, 0) is 37.0 Å². The van der Waals surface area contributed by atoms with E-state index in [9.17, 15) is 22.7 Å². The normalized spacial score (nSPS) is 19.2. The third-order valence-corrected chi connectivity index (χ3v) is 3.49. The van der Waals surface area contributed by atoms with Crippen LogP contribution in [0.3, 0.4) is 0 Å². The number of hydrogen-bond acceptors (Lipinski definition) is 1. The Kier molecular flexibility index (Phi) is 3.61. The van der Waals surface area contributed by atoms with Crippen LogP contribution in [-0.2, 0) is 6.18 Å². The minimum atomic E-state index is -4.52. The molecule has 1 fully saturated rings. The van der Waals surface area contributed by atoms with Gasteiger partial charge in [-0.3, -0.25) is 0 Å². The van der Waals surface area contributed by atoms with Gasteiger partial charge >= 0.3 is 6.18 Å². The van der Waals surface area contributed by atoms with Gasteiger partial charge in [0.05, 0.1) is 11.7 Å². The molecule has 0 bridgehead atoms. The van der Waals surface area contributed by atoms with E-state index in [2.05, 4.69) is 0 Å². The molecule has 1 unspecified atom stereocenters. The van der Waals surface area contributed by atoms with Crippen molar-refractivity contribution < 1.29 is 22.7 Å². The van der Waals surface area contributed by atoms with Gasteiger partial charge < -0.3 is 5.11 Å². The van der Waals surface area contributed by atoms with Gasteiger partial charge in [-0.1, -0.05) is 12.8 Å². The van der Waals surface area contributed by atoms with Crippen molar-refractivity contribution in [1.82, 2.24) is 0 Å². The summed E-state index contributed by atoms with van der Waals surface area (Å²) in [5.74, 6) is -0.912. The summed E-state index contributed by atoms with van der Waals surface area (Å²) in [6.45, 7) is 0. The predicted molar refractivity (Wildman–Crippen MR) is 58.3 cm³/mol. The van der Waals surface area contributed by atoms with Crippen LogP contribution < -0.4 is 0 Å². The molecule has 100 valence electrons.